The van der Waals surface area contributed by atoms with Gasteiger partial charge in [0.05, 0.1) is 25.5 Å². The van der Waals surface area contributed by atoms with Crippen molar-refractivity contribution in [3.05, 3.63) is 65.1 Å². The topological polar surface area (TPSA) is 107 Å². The fraction of sp³-hybridized carbons (Fsp3) is 0.320. The van der Waals surface area contributed by atoms with Crippen LogP contribution in [-0.2, 0) is 13.0 Å². The van der Waals surface area contributed by atoms with E-state index in [2.05, 4.69) is 20.6 Å². The smallest absolute Gasteiger partial charge is 0.251 e. The van der Waals surface area contributed by atoms with Gasteiger partial charge in [0, 0.05) is 35.9 Å². The molecule has 35 heavy (non-hydrogen) atoms. The number of aliphatic imine (C=N–C) groups is 1. The van der Waals surface area contributed by atoms with Crippen LogP contribution >= 0.6 is 0 Å². The van der Waals surface area contributed by atoms with E-state index >= 15 is 0 Å². The van der Waals surface area contributed by atoms with Gasteiger partial charge in [-0.3, -0.25) is 9.79 Å². The molecule has 0 spiro atoms. The second-order valence-corrected chi connectivity index (χ2v) is 8.25. The predicted molar refractivity (Wildman–Crippen MR) is 131 cm³/mol. The molecule has 1 aliphatic heterocycles. The molecular weight excluding hydrogens is 454 g/mol. The van der Waals surface area contributed by atoms with Crippen LogP contribution in [0.3, 0.4) is 0 Å². The molecule has 4 N–H and O–H groups in total. The highest BCUT2D eigenvalue weighted by Gasteiger charge is 2.24. The first-order valence-electron chi connectivity index (χ1n) is 11.4. The van der Waals surface area contributed by atoms with E-state index in [4.69, 9.17) is 10.5 Å². The molecule has 184 valence electrons. The van der Waals surface area contributed by atoms with Gasteiger partial charge in [-0.1, -0.05) is 6.92 Å². The van der Waals surface area contributed by atoms with E-state index < -0.39 is 11.6 Å². The monoisotopic (exact) mass is 482 g/mol. The third-order valence-corrected chi connectivity index (χ3v) is 5.93. The molecule has 10 heteroatoms. The van der Waals surface area contributed by atoms with Gasteiger partial charge in [-0.05, 0) is 49.2 Å². The summed E-state index contributed by atoms with van der Waals surface area (Å²) in [7, 11) is 1.29. The number of hydrogen-bond donors (Lipinski definition) is 3. The van der Waals surface area contributed by atoms with Crippen molar-refractivity contribution in [2.75, 3.05) is 25.5 Å². The summed E-state index contributed by atoms with van der Waals surface area (Å²) in [6.07, 6.45) is 2.16. The maximum absolute atomic E-state index is 14.7. The number of amides is 1. The highest BCUT2D eigenvalue weighted by molar-refractivity contribution is 6.07. The Morgan fingerprint density at radius 1 is 1.26 bits per heavy atom. The molecule has 1 atom stereocenters. The Hall–Kier alpha value is -3.79. The summed E-state index contributed by atoms with van der Waals surface area (Å²) in [4.78, 5) is 21.6. The first kappa shape index (κ1) is 24.3. The van der Waals surface area contributed by atoms with Gasteiger partial charge in [-0.25, -0.2) is 9.37 Å². The first-order chi connectivity index (χ1) is 16.9. The van der Waals surface area contributed by atoms with Crippen molar-refractivity contribution in [2.24, 2.45) is 10.7 Å². The van der Waals surface area contributed by atoms with Crippen LogP contribution in [0.1, 0.15) is 35.6 Å². The average molecular weight is 483 g/mol. The molecule has 3 aromatic rings. The van der Waals surface area contributed by atoms with Gasteiger partial charge in [0.2, 0.25) is 5.82 Å². The minimum atomic E-state index is -1.04. The summed E-state index contributed by atoms with van der Waals surface area (Å²) in [5.74, 6) is -1.34. The Morgan fingerprint density at radius 2 is 2.06 bits per heavy atom. The molecule has 0 saturated heterocycles. The van der Waals surface area contributed by atoms with Gasteiger partial charge in [0.1, 0.15) is 0 Å². The fourth-order valence-electron chi connectivity index (χ4n) is 4.00. The molecule has 2 heterocycles. The number of aromatic nitrogens is 2. The molecule has 1 aliphatic rings. The third-order valence-electron chi connectivity index (χ3n) is 5.93. The molecule has 0 fully saturated rings. The number of nitrogens with two attached hydrogens (primary N) is 1. The fourth-order valence-corrected chi connectivity index (χ4v) is 4.00. The van der Waals surface area contributed by atoms with Crippen LogP contribution in [0, 0.1) is 11.6 Å². The zero-order chi connectivity index (χ0) is 25.1. The average Bonchev–Trinajstić information content (AvgIpc) is 3.30. The van der Waals surface area contributed by atoms with Crippen molar-refractivity contribution in [3.63, 3.8) is 0 Å². The lowest BCUT2D eigenvalue weighted by molar-refractivity contribution is 0.0940. The van der Waals surface area contributed by atoms with Crippen LogP contribution in [0.15, 0.2) is 41.5 Å². The summed E-state index contributed by atoms with van der Waals surface area (Å²) < 4.78 is 35.7. The van der Waals surface area contributed by atoms with E-state index in [0.29, 0.717) is 49.0 Å². The molecule has 0 unspecified atom stereocenters. The molecule has 0 saturated carbocycles. The van der Waals surface area contributed by atoms with Crippen molar-refractivity contribution < 1.29 is 18.3 Å². The number of anilines is 1. The van der Waals surface area contributed by atoms with Crippen molar-refractivity contribution in [2.45, 2.75) is 32.9 Å². The highest BCUT2D eigenvalue weighted by Crippen LogP contribution is 2.31. The molecule has 4 rings (SSSR count). The number of halogens is 2. The molecule has 0 aliphatic carbocycles. The summed E-state index contributed by atoms with van der Waals surface area (Å²) >= 11 is 0. The Balaban J connectivity index is 1.61. The standard InChI is InChI=1S/C25H28F2N6O2/c1-4-15-11-16(5-6-17(15)25(34)31-14(2)12-28)32-23-24-30-13-19(33(24)10-9-29-23)18-7-8-20(35-3)22(27)21(18)26/h5-8,11,13-14H,4,9-10,12,28H2,1-3H3,(H,29,32)(H,31,34)/t14-/m0/s1. The van der Waals surface area contributed by atoms with E-state index in [-0.39, 0.29) is 23.3 Å². The van der Waals surface area contributed by atoms with E-state index in [1.54, 1.807) is 16.7 Å². The van der Waals surface area contributed by atoms with Crippen molar-refractivity contribution >= 4 is 17.4 Å². The van der Waals surface area contributed by atoms with Gasteiger partial charge in [-0.2, -0.15) is 4.39 Å². The second-order valence-electron chi connectivity index (χ2n) is 8.25. The highest BCUT2D eigenvalue weighted by atomic mass is 19.2. The van der Waals surface area contributed by atoms with E-state index in [0.717, 1.165) is 11.3 Å². The number of nitrogens with one attached hydrogen (secondary N) is 2. The Bertz CT molecular complexity index is 1290. The first-order valence-corrected chi connectivity index (χ1v) is 11.4. The lowest BCUT2D eigenvalue weighted by atomic mass is 10.0. The zero-order valence-electron chi connectivity index (χ0n) is 19.9. The molecule has 2 aromatic carbocycles. The van der Waals surface area contributed by atoms with Gasteiger partial charge < -0.3 is 25.7 Å². The second kappa shape index (κ2) is 10.2. The molecule has 0 bridgehead atoms. The predicted octanol–water partition coefficient (Wildman–Crippen LogP) is 3.35. The van der Waals surface area contributed by atoms with Crippen molar-refractivity contribution in [1.82, 2.24) is 14.9 Å². The SMILES string of the molecule is CCc1cc(NC2=NCCn3c(-c4ccc(OC)c(F)c4F)cnc32)ccc1C(=O)N[C@@H](C)CN. The number of imidazole rings is 1. The Labute approximate surface area is 202 Å². The van der Waals surface area contributed by atoms with Gasteiger partial charge >= 0.3 is 0 Å². The number of methoxy groups -OCH3 is 1. The number of benzene rings is 2. The largest absolute Gasteiger partial charge is 0.494 e. The van der Waals surface area contributed by atoms with Crippen LogP contribution in [0.4, 0.5) is 14.5 Å². The van der Waals surface area contributed by atoms with Crippen LogP contribution in [0.25, 0.3) is 11.3 Å². The summed E-state index contributed by atoms with van der Waals surface area (Å²) in [5.41, 5.74) is 8.35. The lowest BCUT2D eigenvalue weighted by Crippen LogP contribution is -2.38. The summed E-state index contributed by atoms with van der Waals surface area (Å²) in [6.45, 7) is 5.10. The number of ether oxygens (including phenoxy) is 1. The minimum Gasteiger partial charge on any atom is -0.494 e. The lowest BCUT2D eigenvalue weighted by Gasteiger charge is -2.19. The number of aryl methyl sites for hydroxylation is 1. The maximum Gasteiger partial charge on any atom is 0.251 e. The minimum absolute atomic E-state index is 0.0960. The van der Waals surface area contributed by atoms with Gasteiger partial charge in [0.15, 0.2) is 23.2 Å². The summed E-state index contributed by atoms with van der Waals surface area (Å²) in [6, 6.07) is 8.19. The number of fused-ring (bicyclic) bond motifs is 1. The van der Waals surface area contributed by atoms with Crippen LogP contribution in [-0.4, -0.2) is 47.5 Å². The summed E-state index contributed by atoms with van der Waals surface area (Å²) in [5, 5.41) is 6.15. The number of hydrogen-bond acceptors (Lipinski definition) is 6. The van der Waals surface area contributed by atoms with E-state index in [1.807, 2.05) is 19.9 Å². The Morgan fingerprint density at radius 3 is 2.77 bits per heavy atom. The van der Waals surface area contributed by atoms with Crippen molar-refractivity contribution in [3.8, 4) is 17.0 Å². The number of carbonyl (C=O) groups excluding carboxylic acids is 1. The van der Waals surface area contributed by atoms with Crippen molar-refractivity contribution in [1.29, 1.82) is 0 Å². The molecule has 8 nitrogen and oxygen atoms in total. The number of rotatable bonds is 7. The van der Waals surface area contributed by atoms with E-state index in [9.17, 15) is 13.6 Å². The quantitative estimate of drug-likeness (QED) is 0.479. The molecular formula is C25H28F2N6O2. The third kappa shape index (κ3) is 4.74. The zero-order valence-corrected chi connectivity index (χ0v) is 19.9. The van der Waals surface area contributed by atoms with Crippen LogP contribution in [0.5, 0.6) is 5.75 Å². The maximum atomic E-state index is 14.7. The molecule has 0 radical (unpaired) electrons. The Kier molecular flexibility index (Phi) is 7.11. The number of amidine groups is 1. The normalized spacial score (nSPS) is 13.6. The number of nitrogens with zero attached hydrogens (tertiary/aromatic N) is 3. The van der Waals surface area contributed by atoms with Crippen LogP contribution < -0.4 is 21.1 Å². The molecule has 1 amide bonds. The number of carbonyl (C=O) groups is 1. The van der Waals surface area contributed by atoms with Gasteiger partial charge in [-0.15, -0.1) is 0 Å². The van der Waals surface area contributed by atoms with Crippen LogP contribution in [0.2, 0.25) is 0 Å². The van der Waals surface area contributed by atoms with Gasteiger partial charge in [0.25, 0.3) is 5.91 Å². The molecule has 1 aromatic heterocycles. The van der Waals surface area contributed by atoms with E-state index in [1.165, 1.54) is 25.4 Å².